The summed E-state index contributed by atoms with van der Waals surface area (Å²) in [5.74, 6) is 0.0891. The summed E-state index contributed by atoms with van der Waals surface area (Å²) in [5, 5.41) is 3.03. The third-order valence-corrected chi connectivity index (χ3v) is 5.56. The van der Waals surface area contributed by atoms with Crippen LogP contribution in [0.2, 0.25) is 0 Å². The van der Waals surface area contributed by atoms with Crippen LogP contribution in [0.15, 0.2) is 24.3 Å². The lowest BCUT2D eigenvalue weighted by atomic mass is 9.74. The Morgan fingerprint density at radius 2 is 2.16 bits per heavy atom. The quantitative estimate of drug-likeness (QED) is 0.882. The fourth-order valence-corrected chi connectivity index (χ4v) is 4.02. The molecule has 2 unspecified atom stereocenters. The van der Waals surface area contributed by atoms with Crippen LogP contribution in [0.25, 0.3) is 0 Å². The lowest BCUT2D eigenvalue weighted by molar-refractivity contribution is -0.133. The molecule has 0 spiro atoms. The topological polar surface area (TPSA) is 75.4 Å². The second kappa shape index (κ2) is 7.56. The molecule has 0 radical (unpaired) electrons. The van der Waals surface area contributed by atoms with E-state index in [-0.39, 0.29) is 17.7 Å². The number of likely N-dealkylation sites (tertiary alicyclic amines) is 1. The van der Waals surface area contributed by atoms with Crippen LogP contribution in [0.1, 0.15) is 57.4 Å². The predicted octanol–water partition coefficient (Wildman–Crippen LogP) is 3.05. The molecule has 1 aromatic carbocycles. The molecule has 2 atom stereocenters. The van der Waals surface area contributed by atoms with Gasteiger partial charge in [-0.3, -0.25) is 9.59 Å². The van der Waals surface area contributed by atoms with Gasteiger partial charge in [0.2, 0.25) is 11.8 Å². The molecule has 1 saturated carbocycles. The molecule has 1 aromatic rings. The first kappa shape index (κ1) is 17.9. The molecule has 1 saturated heterocycles. The zero-order valence-corrected chi connectivity index (χ0v) is 15.1. The number of carbonyl (C=O) groups is 2. The summed E-state index contributed by atoms with van der Waals surface area (Å²) in [6.07, 6.45) is 6.60. The van der Waals surface area contributed by atoms with E-state index in [0.717, 1.165) is 56.3 Å². The third-order valence-electron chi connectivity index (χ3n) is 5.56. The Bertz CT molecular complexity index is 642. The molecule has 1 aliphatic carbocycles. The maximum atomic E-state index is 12.7. The normalized spacial score (nSPS) is 27.2. The van der Waals surface area contributed by atoms with Crippen LogP contribution >= 0.6 is 0 Å². The summed E-state index contributed by atoms with van der Waals surface area (Å²) < 4.78 is 0. The van der Waals surface area contributed by atoms with E-state index in [0.29, 0.717) is 13.0 Å². The molecule has 0 aromatic heterocycles. The van der Waals surface area contributed by atoms with Gasteiger partial charge in [0.05, 0.1) is 5.92 Å². The minimum atomic E-state index is -0.430. The van der Waals surface area contributed by atoms with Crippen LogP contribution in [0.5, 0.6) is 0 Å². The number of hydrogen-bond acceptors (Lipinski definition) is 3. The van der Waals surface area contributed by atoms with E-state index < -0.39 is 5.54 Å². The van der Waals surface area contributed by atoms with Crippen molar-refractivity contribution >= 4 is 17.5 Å². The Morgan fingerprint density at radius 1 is 1.32 bits per heavy atom. The first-order chi connectivity index (χ1) is 12.0. The molecule has 2 amide bonds. The number of nitrogens with one attached hydrogen (secondary N) is 1. The highest BCUT2D eigenvalue weighted by molar-refractivity contribution is 5.93. The number of rotatable bonds is 4. The first-order valence-electron chi connectivity index (χ1n) is 9.42. The Kier molecular flexibility index (Phi) is 5.42. The van der Waals surface area contributed by atoms with Crippen LogP contribution in [0.3, 0.4) is 0 Å². The fraction of sp³-hybridized carbons (Fsp3) is 0.600. The highest BCUT2D eigenvalue weighted by Gasteiger charge is 2.37. The molecule has 2 fully saturated rings. The number of piperidine rings is 1. The van der Waals surface area contributed by atoms with Crippen molar-refractivity contribution in [2.75, 3.05) is 11.9 Å². The van der Waals surface area contributed by atoms with Crippen molar-refractivity contribution in [1.29, 1.82) is 0 Å². The molecule has 25 heavy (non-hydrogen) atoms. The van der Waals surface area contributed by atoms with E-state index in [1.54, 1.807) is 0 Å². The van der Waals surface area contributed by atoms with Gasteiger partial charge < -0.3 is 16.0 Å². The van der Waals surface area contributed by atoms with Crippen molar-refractivity contribution in [3.05, 3.63) is 29.8 Å². The molecular formula is C20H29N3O2. The molecule has 5 heteroatoms. The summed E-state index contributed by atoms with van der Waals surface area (Å²) in [6, 6.07) is 7.81. The minimum Gasteiger partial charge on any atom is -0.338 e. The Labute approximate surface area is 150 Å². The van der Waals surface area contributed by atoms with Gasteiger partial charge in [0.15, 0.2) is 0 Å². The zero-order valence-electron chi connectivity index (χ0n) is 15.1. The predicted molar refractivity (Wildman–Crippen MR) is 98.9 cm³/mol. The Morgan fingerprint density at radius 3 is 2.92 bits per heavy atom. The largest absolute Gasteiger partial charge is 0.338 e. The summed E-state index contributed by atoms with van der Waals surface area (Å²) in [5.41, 5.74) is 7.74. The van der Waals surface area contributed by atoms with Crippen molar-refractivity contribution < 1.29 is 9.59 Å². The number of carbonyl (C=O) groups excluding carboxylic acids is 2. The van der Waals surface area contributed by atoms with Crippen LogP contribution in [-0.2, 0) is 16.1 Å². The maximum absolute atomic E-state index is 12.7. The summed E-state index contributed by atoms with van der Waals surface area (Å²) in [4.78, 5) is 26.6. The van der Waals surface area contributed by atoms with Gasteiger partial charge in [0, 0.05) is 30.7 Å². The number of benzene rings is 1. The van der Waals surface area contributed by atoms with Gasteiger partial charge >= 0.3 is 0 Å². The van der Waals surface area contributed by atoms with Gasteiger partial charge in [0.25, 0.3) is 0 Å². The molecule has 3 N–H and O–H groups in total. The second-order valence-electron chi connectivity index (χ2n) is 7.77. The molecule has 1 heterocycles. The third kappa shape index (κ3) is 4.40. The molecule has 2 aliphatic rings. The van der Waals surface area contributed by atoms with E-state index in [1.807, 2.05) is 36.1 Å². The monoisotopic (exact) mass is 343 g/mol. The molecular weight excluding hydrogens is 314 g/mol. The van der Waals surface area contributed by atoms with Crippen molar-refractivity contribution in [1.82, 2.24) is 4.90 Å². The highest BCUT2D eigenvalue weighted by Crippen LogP contribution is 2.32. The number of amides is 2. The van der Waals surface area contributed by atoms with Crippen molar-refractivity contribution in [2.45, 2.75) is 64.0 Å². The van der Waals surface area contributed by atoms with Crippen LogP contribution < -0.4 is 11.1 Å². The molecule has 136 valence electrons. The zero-order chi connectivity index (χ0) is 17.9. The van der Waals surface area contributed by atoms with Crippen LogP contribution in [-0.4, -0.2) is 28.8 Å². The number of nitrogens with zero attached hydrogens (tertiary/aromatic N) is 1. The van der Waals surface area contributed by atoms with Gasteiger partial charge in [-0.1, -0.05) is 25.0 Å². The summed E-state index contributed by atoms with van der Waals surface area (Å²) in [6.45, 7) is 3.42. The van der Waals surface area contributed by atoms with E-state index in [9.17, 15) is 9.59 Å². The Balaban J connectivity index is 1.65. The van der Waals surface area contributed by atoms with E-state index in [4.69, 9.17) is 5.73 Å². The number of hydrogen-bond donors (Lipinski definition) is 2. The minimum absolute atomic E-state index is 0.0101. The van der Waals surface area contributed by atoms with Gasteiger partial charge in [-0.05, 0) is 50.3 Å². The summed E-state index contributed by atoms with van der Waals surface area (Å²) >= 11 is 0. The maximum Gasteiger partial charge on any atom is 0.229 e. The number of nitrogens with two attached hydrogens (primary N) is 1. The molecule has 3 rings (SSSR count). The average molecular weight is 343 g/mol. The van der Waals surface area contributed by atoms with E-state index >= 15 is 0 Å². The molecule has 1 aliphatic heterocycles. The average Bonchev–Trinajstić information content (AvgIpc) is 2.57. The SMILES string of the molecule is CC1(N)CCCCC1C(=O)Nc1cccc(CN2CCCCC2=O)c1. The van der Waals surface area contributed by atoms with Crippen LogP contribution in [0.4, 0.5) is 5.69 Å². The summed E-state index contributed by atoms with van der Waals surface area (Å²) in [7, 11) is 0. The standard InChI is InChI=1S/C20H29N3O2/c1-20(21)11-4-2-9-17(20)19(25)22-16-8-6-7-15(13-16)14-23-12-5-3-10-18(23)24/h6-8,13,17H,2-5,9-12,14,21H2,1H3,(H,22,25). The van der Waals surface area contributed by atoms with Crippen molar-refractivity contribution in [2.24, 2.45) is 11.7 Å². The van der Waals surface area contributed by atoms with Gasteiger partial charge in [-0.2, -0.15) is 0 Å². The van der Waals surface area contributed by atoms with Gasteiger partial charge in [0.1, 0.15) is 0 Å². The lowest BCUT2D eigenvalue weighted by Crippen LogP contribution is -2.51. The van der Waals surface area contributed by atoms with E-state index in [2.05, 4.69) is 5.32 Å². The lowest BCUT2D eigenvalue weighted by Gasteiger charge is -2.37. The van der Waals surface area contributed by atoms with Crippen molar-refractivity contribution in [3.8, 4) is 0 Å². The van der Waals surface area contributed by atoms with Crippen molar-refractivity contribution in [3.63, 3.8) is 0 Å². The highest BCUT2D eigenvalue weighted by atomic mass is 16.2. The van der Waals surface area contributed by atoms with E-state index in [1.165, 1.54) is 0 Å². The molecule has 5 nitrogen and oxygen atoms in total. The molecule has 0 bridgehead atoms. The smallest absolute Gasteiger partial charge is 0.229 e. The van der Waals surface area contributed by atoms with Crippen LogP contribution in [0, 0.1) is 5.92 Å². The number of anilines is 1. The first-order valence-corrected chi connectivity index (χ1v) is 9.42. The van der Waals surface area contributed by atoms with Gasteiger partial charge in [-0.15, -0.1) is 0 Å². The Hall–Kier alpha value is -1.88. The second-order valence-corrected chi connectivity index (χ2v) is 7.77. The van der Waals surface area contributed by atoms with Gasteiger partial charge in [-0.25, -0.2) is 0 Å². The fourth-order valence-electron chi connectivity index (χ4n) is 4.02.